The van der Waals surface area contributed by atoms with E-state index in [-0.39, 0.29) is 5.92 Å². The van der Waals surface area contributed by atoms with Gasteiger partial charge >= 0.3 is 0 Å². The minimum atomic E-state index is 0.283. The molecule has 1 aliphatic carbocycles. The van der Waals surface area contributed by atoms with Crippen molar-refractivity contribution in [1.29, 1.82) is 0 Å². The molecule has 0 saturated heterocycles. The van der Waals surface area contributed by atoms with E-state index < -0.39 is 0 Å². The van der Waals surface area contributed by atoms with Crippen LogP contribution in [0.25, 0.3) is 0 Å². The number of Topliss-reactive ketones (excluding diaryl/α,β-unsaturated/α-hetero) is 1. The predicted octanol–water partition coefficient (Wildman–Crippen LogP) is 2.17. The summed E-state index contributed by atoms with van der Waals surface area (Å²) in [6.45, 7) is 2.93. The Labute approximate surface area is 97.1 Å². The first-order chi connectivity index (χ1) is 7.70. The maximum atomic E-state index is 11.5. The number of hydrogen-bond acceptors (Lipinski definition) is 2. The Bertz CT molecular complexity index is 369. The Hall–Kier alpha value is -1.15. The first-order valence-electron chi connectivity index (χ1n) is 5.97. The van der Waals surface area contributed by atoms with Gasteiger partial charge in [-0.2, -0.15) is 0 Å². The highest BCUT2D eigenvalue weighted by molar-refractivity contribution is 5.88. The van der Waals surface area contributed by atoms with Crippen LogP contribution in [0, 0.1) is 11.8 Å². The van der Waals surface area contributed by atoms with Crippen molar-refractivity contribution in [3.05, 3.63) is 35.4 Å². The van der Waals surface area contributed by atoms with Gasteiger partial charge in [0, 0.05) is 18.4 Å². The lowest BCUT2D eigenvalue weighted by Gasteiger charge is -2.30. The summed E-state index contributed by atoms with van der Waals surface area (Å²) in [6.07, 6.45) is 1.99. The Morgan fingerprint density at radius 2 is 1.88 bits per heavy atom. The molecular weight excluding hydrogens is 198 g/mol. The zero-order valence-corrected chi connectivity index (χ0v) is 9.99. The van der Waals surface area contributed by atoms with Crippen molar-refractivity contribution in [1.82, 2.24) is 5.32 Å². The summed E-state index contributed by atoms with van der Waals surface area (Å²) in [5.41, 5.74) is 2.57. The normalized spacial score (nSPS) is 24.2. The van der Waals surface area contributed by atoms with Gasteiger partial charge in [0.1, 0.15) is 5.78 Å². The Balaban J connectivity index is 1.93. The van der Waals surface area contributed by atoms with Crippen LogP contribution >= 0.6 is 0 Å². The average Bonchev–Trinajstić information content (AvgIpc) is 2.31. The molecule has 2 nitrogen and oxygen atoms in total. The summed E-state index contributed by atoms with van der Waals surface area (Å²) in [5, 5.41) is 3.13. The highest BCUT2D eigenvalue weighted by Crippen LogP contribution is 2.31. The summed E-state index contributed by atoms with van der Waals surface area (Å²) in [7, 11) is 1.95. The lowest BCUT2D eigenvalue weighted by Crippen LogP contribution is -2.36. The smallest absolute Gasteiger partial charge is 0.139 e. The molecule has 1 fully saturated rings. The van der Waals surface area contributed by atoms with Gasteiger partial charge in [-0.25, -0.2) is 0 Å². The van der Waals surface area contributed by atoms with E-state index >= 15 is 0 Å². The molecule has 0 aliphatic heterocycles. The monoisotopic (exact) mass is 217 g/mol. The molecule has 1 aliphatic rings. The predicted molar refractivity (Wildman–Crippen MR) is 65.2 cm³/mol. The van der Waals surface area contributed by atoms with E-state index in [4.69, 9.17) is 0 Å². The third-order valence-electron chi connectivity index (χ3n) is 3.41. The molecular formula is C14H19NO. The lowest BCUT2D eigenvalue weighted by atomic mass is 9.72. The molecule has 0 heterocycles. The third kappa shape index (κ3) is 2.33. The molecule has 0 radical (unpaired) electrons. The Morgan fingerprint density at radius 3 is 2.38 bits per heavy atom. The van der Waals surface area contributed by atoms with Gasteiger partial charge in [-0.05, 0) is 31.0 Å². The topological polar surface area (TPSA) is 29.1 Å². The fourth-order valence-electron chi connectivity index (χ4n) is 2.37. The van der Waals surface area contributed by atoms with Crippen LogP contribution in [-0.2, 0) is 17.8 Å². The molecule has 0 bridgehead atoms. The van der Waals surface area contributed by atoms with Gasteiger partial charge in [0.15, 0.2) is 0 Å². The van der Waals surface area contributed by atoms with Crippen LogP contribution in [0.4, 0.5) is 0 Å². The number of ketones is 1. The summed E-state index contributed by atoms with van der Waals surface area (Å²) in [6, 6.07) is 8.56. The lowest BCUT2D eigenvalue weighted by molar-refractivity contribution is -0.134. The van der Waals surface area contributed by atoms with Crippen LogP contribution in [-0.4, -0.2) is 12.8 Å². The van der Waals surface area contributed by atoms with Gasteiger partial charge < -0.3 is 5.32 Å². The molecule has 0 spiro atoms. The highest BCUT2D eigenvalue weighted by Gasteiger charge is 2.35. The van der Waals surface area contributed by atoms with Crippen molar-refractivity contribution >= 4 is 5.78 Å². The number of hydrogen-bond donors (Lipinski definition) is 1. The van der Waals surface area contributed by atoms with Crippen LogP contribution in [0.2, 0.25) is 0 Å². The summed E-state index contributed by atoms with van der Waals surface area (Å²) >= 11 is 0. The minimum Gasteiger partial charge on any atom is -0.316 e. The number of nitrogens with one attached hydrogen (secondary N) is 1. The Kier molecular flexibility index (Phi) is 3.39. The molecule has 1 aromatic rings. The number of benzene rings is 1. The van der Waals surface area contributed by atoms with E-state index in [0.29, 0.717) is 11.7 Å². The first-order valence-corrected chi connectivity index (χ1v) is 5.97. The van der Waals surface area contributed by atoms with Crippen molar-refractivity contribution in [3.8, 4) is 0 Å². The number of carbonyl (C=O) groups is 1. The zero-order chi connectivity index (χ0) is 11.5. The number of rotatable bonds is 4. The van der Waals surface area contributed by atoms with Crippen LogP contribution in [0.1, 0.15) is 24.5 Å². The van der Waals surface area contributed by atoms with Gasteiger partial charge in [0.25, 0.3) is 0 Å². The number of carbonyl (C=O) groups excluding carboxylic acids is 1. The largest absolute Gasteiger partial charge is 0.316 e. The molecule has 2 unspecified atom stereocenters. The van der Waals surface area contributed by atoms with Crippen molar-refractivity contribution in [2.24, 2.45) is 11.8 Å². The standard InChI is InChI=1S/C14H19NO/c1-10-7-13(14(10)16)8-11-3-5-12(6-4-11)9-15-2/h3-6,10,13,15H,7-9H2,1-2H3. The maximum absolute atomic E-state index is 11.5. The average molecular weight is 217 g/mol. The van der Waals surface area contributed by atoms with E-state index in [1.807, 2.05) is 14.0 Å². The van der Waals surface area contributed by atoms with Crippen LogP contribution in [0.5, 0.6) is 0 Å². The van der Waals surface area contributed by atoms with Crippen molar-refractivity contribution < 1.29 is 4.79 Å². The minimum absolute atomic E-state index is 0.283. The molecule has 1 aromatic carbocycles. The maximum Gasteiger partial charge on any atom is 0.139 e. The summed E-state index contributed by atoms with van der Waals surface area (Å²) < 4.78 is 0. The molecule has 2 atom stereocenters. The van der Waals surface area contributed by atoms with E-state index in [1.165, 1.54) is 11.1 Å². The molecule has 16 heavy (non-hydrogen) atoms. The van der Waals surface area contributed by atoms with Crippen LogP contribution in [0.15, 0.2) is 24.3 Å². The van der Waals surface area contributed by atoms with E-state index in [9.17, 15) is 4.79 Å². The van der Waals surface area contributed by atoms with Crippen molar-refractivity contribution in [2.45, 2.75) is 26.3 Å². The molecule has 2 rings (SSSR count). The quantitative estimate of drug-likeness (QED) is 0.837. The fraction of sp³-hybridized carbons (Fsp3) is 0.500. The van der Waals surface area contributed by atoms with E-state index in [0.717, 1.165) is 19.4 Å². The van der Waals surface area contributed by atoms with Gasteiger partial charge in [0.05, 0.1) is 0 Å². The van der Waals surface area contributed by atoms with Gasteiger partial charge in [-0.1, -0.05) is 31.2 Å². The second kappa shape index (κ2) is 4.79. The highest BCUT2D eigenvalue weighted by atomic mass is 16.1. The Morgan fingerprint density at radius 1 is 1.25 bits per heavy atom. The molecule has 86 valence electrons. The van der Waals surface area contributed by atoms with Gasteiger partial charge in [-0.15, -0.1) is 0 Å². The SMILES string of the molecule is CNCc1ccc(CC2CC(C)C2=O)cc1. The second-order valence-corrected chi connectivity index (χ2v) is 4.79. The van der Waals surface area contributed by atoms with Crippen molar-refractivity contribution in [3.63, 3.8) is 0 Å². The molecule has 1 N–H and O–H groups in total. The van der Waals surface area contributed by atoms with E-state index in [1.54, 1.807) is 0 Å². The third-order valence-corrected chi connectivity index (χ3v) is 3.41. The van der Waals surface area contributed by atoms with Crippen LogP contribution in [0.3, 0.4) is 0 Å². The van der Waals surface area contributed by atoms with Crippen LogP contribution < -0.4 is 5.32 Å². The molecule has 0 amide bonds. The van der Waals surface area contributed by atoms with Crippen molar-refractivity contribution in [2.75, 3.05) is 7.05 Å². The molecule has 1 saturated carbocycles. The summed E-state index contributed by atoms with van der Waals surface area (Å²) in [5.74, 6) is 1.03. The molecule has 0 aromatic heterocycles. The first kappa shape index (κ1) is 11.3. The molecule has 2 heteroatoms. The second-order valence-electron chi connectivity index (χ2n) is 4.79. The zero-order valence-electron chi connectivity index (χ0n) is 9.99. The van der Waals surface area contributed by atoms with E-state index in [2.05, 4.69) is 29.6 Å². The van der Waals surface area contributed by atoms with Gasteiger partial charge in [-0.3, -0.25) is 4.79 Å². The fourth-order valence-corrected chi connectivity index (χ4v) is 2.37. The van der Waals surface area contributed by atoms with Gasteiger partial charge in [0.2, 0.25) is 0 Å². The summed E-state index contributed by atoms with van der Waals surface area (Å²) in [4.78, 5) is 11.5.